The van der Waals surface area contributed by atoms with E-state index < -0.39 is 0 Å². The largest absolute Gasteiger partial charge is 0.359 e. The fourth-order valence-corrected chi connectivity index (χ4v) is 2.52. The summed E-state index contributed by atoms with van der Waals surface area (Å²) in [6.45, 7) is 4.74. The number of nitrogens with one attached hydrogen (secondary N) is 2. The quantitative estimate of drug-likeness (QED) is 0.657. The van der Waals surface area contributed by atoms with E-state index in [1.165, 1.54) is 4.88 Å². The second-order valence-corrected chi connectivity index (χ2v) is 5.42. The van der Waals surface area contributed by atoms with Crippen LogP contribution in [-0.2, 0) is 13.0 Å². The lowest BCUT2D eigenvalue weighted by atomic mass is 10.3. The molecule has 5 nitrogen and oxygen atoms in total. The van der Waals surface area contributed by atoms with Crippen LogP contribution < -0.4 is 10.6 Å². The first-order valence-corrected chi connectivity index (χ1v) is 7.56. The van der Waals surface area contributed by atoms with Gasteiger partial charge in [-0.3, -0.25) is 4.99 Å². The summed E-state index contributed by atoms with van der Waals surface area (Å²) in [5, 5.41) is 12.6. The molecule has 0 aliphatic carbocycles. The zero-order valence-electron chi connectivity index (χ0n) is 12.0. The Morgan fingerprint density at radius 2 is 2.40 bits per heavy atom. The third-order valence-electron chi connectivity index (χ3n) is 2.95. The number of guanidine groups is 1. The van der Waals surface area contributed by atoms with Gasteiger partial charge >= 0.3 is 0 Å². The van der Waals surface area contributed by atoms with E-state index in [9.17, 15) is 0 Å². The molecule has 1 unspecified atom stereocenters. The van der Waals surface area contributed by atoms with Gasteiger partial charge in [-0.15, -0.1) is 11.3 Å². The van der Waals surface area contributed by atoms with E-state index in [1.54, 1.807) is 18.4 Å². The van der Waals surface area contributed by atoms with E-state index >= 15 is 0 Å². The maximum atomic E-state index is 5.23. The SMILES string of the molecule is CCc1cc(CNC(=NC)NC(C)c2cccs2)on1. The van der Waals surface area contributed by atoms with Crippen LogP contribution in [-0.4, -0.2) is 18.2 Å². The van der Waals surface area contributed by atoms with Crippen molar-refractivity contribution >= 4 is 17.3 Å². The second-order valence-electron chi connectivity index (χ2n) is 4.45. The third-order valence-corrected chi connectivity index (χ3v) is 4.00. The van der Waals surface area contributed by atoms with Gasteiger partial charge in [-0.25, -0.2) is 0 Å². The number of hydrogen-bond acceptors (Lipinski definition) is 4. The number of aliphatic imine (C=N–C) groups is 1. The third kappa shape index (κ3) is 3.84. The molecular weight excluding hydrogens is 272 g/mol. The Kier molecular flexibility index (Phi) is 5.17. The van der Waals surface area contributed by atoms with Crippen molar-refractivity contribution in [3.63, 3.8) is 0 Å². The molecule has 20 heavy (non-hydrogen) atoms. The van der Waals surface area contributed by atoms with Crippen LogP contribution in [0.4, 0.5) is 0 Å². The highest BCUT2D eigenvalue weighted by Crippen LogP contribution is 2.17. The Bertz CT molecular complexity index is 547. The molecule has 0 amide bonds. The number of thiophene rings is 1. The van der Waals surface area contributed by atoms with Crippen molar-refractivity contribution < 1.29 is 4.52 Å². The van der Waals surface area contributed by atoms with Gasteiger partial charge in [0.25, 0.3) is 0 Å². The topological polar surface area (TPSA) is 62.5 Å². The Morgan fingerprint density at radius 3 is 3.00 bits per heavy atom. The number of hydrogen-bond donors (Lipinski definition) is 2. The summed E-state index contributed by atoms with van der Waals surface area (Å²) < 4.78 is 5.23. The molecule has 1 atom stereocenters. The molecule has 0 spiro atoms. The van der Waals surface area contributed by atoms with E-state index in [0.717, 1.165) is 23.8 Å². The van der Waals surface area contributed by atoms with Gasteiger partial charge in [-0.2, -0.15) is 0 Å². The van der Waals surface area contributed by atoms with Gasteiger partial charge in [0.2, 0.25) is 0 Å². The summed E-state index contributed by atoms with van der Waals surface area (Å²) in [6, 6.07) is 6.35. The lowest BCUT2D eigenvalue weighted by Gasteiger charge is -2.16. The first-order valence-electron chi connectivity index (χ1n) is 6.68. The maximum absolute atomic E-state index is 5.23. The number of rotatable bonds is 5. The summed E-state index contributed by atoms with van der Waals surface area (Å²) in [7, 11) is 1.76. The Morgan fingerprint density at radius 1 is 1.55 bits per heavy atom. The molecule has 0 saturated heterocycles. The van der Waals surface area contributed by atoms with E-state index in [2.05, 4.69) is 52.1 Å². The molecule has 0 bridgehead atoms. The average molecular weight is 292 g/mol. The standard InChI is InChI=1S/C14H20N4OS/c1-4-11-8-12(19-18-11)9-16-14(15-3)17-10(2)13-6-5-7-20-13/h5-8,10H,4,9H2,1-3H3,(H2,15,16,17). The van der Waals surface area contributed by atoms with E-state index in [-0.39, 0.29) is 6.04 Å². The molecule has 2 N–H and O–H groups in total. The van der Waals surface area contributed by atoms with Crippen LogP contribution in [0, 0.1) is 0 Å². The highest BCUT2D eigenvalue weighted by Gasteiger charge is 2.09. The van der Waals surface area contributed by atoms with Crippen molar-refractivity contribution in [3.8, 4) is 0 Å². The fourth-order valence-electron chi connectivity index (χ4n) is 1.79. The van der Waals surface area contributed by atoms with Gasteiger partial charge in [0.1, 0.15) is 0 Å². The smallest absolute Gasteiger partial charge is 0.191 e. The molecule has 2 rings (SSSR count). The second kappa shape index (κ2) is 7.09. The molecule has 0 aliphatic rings. The van der Waals surface area contributed by atoms with Crippen LogP contribution in [0.1, 0.15) is 36.2 Å². The molecule has 2 aromatic rings. The van der Waals surface area contributed by atoms with Crippen molar-refractivity contribution in [1.29, 1.82) is 0 Å². The van der Waals surface area contributed by atoms with Crippen molar-refractivity contribution in [2.45, 2.75) is 32.9 Å². The normalized spacial score (nSPS) is 13.2. The van der Waals surface area contributed by atoms with Crippen LogP contribution in [0.5, 0.6) is 0 Å². The lowest BCUT2D eigenvalue weighted by molar-refractivity contribution is 0.374. The van der Waals surface area contributed by atoms with Crippen LogP contribution in [0.3, 0.4) is 0 Å². The molecule has 2 aromatic heterocycles. The molecule has 0 radical (unpaired) electrons. The molecule has 108 valence electrons. The van der Waals surface area contributed by atoms with Crippen LogP contribution >= 0.6 is 11.3 Å². The van der Waals surface area contributed by atoms with Gasteiger partial charge in [0.05, 0.1) is 18.3 Å². The van der Waals surface area contributed by atoms with Crippen LogP contribution in [0.2, 0.25) is 0 Å². The zero-order chi connectivity index (χ0) is 14.4. The monoisotopic (exact) mass is 292 g/mol. The average Bonchev–Trinajstić information content (AvgIpc) is 3.13. The first kappa shape index (κ1) is 14.6. The minimum atomic E-state index is 0.224. The number of nitrogens with zero attached hydrogens (tertiary/aromatic N) is 2. The molecular formula is C14H20N4OS. The van der Waals surface area contributed by atoms with E-state index in [1.807, 2.05) is 6.07 Å². The number of aryl methyl sites for hydroxylation is 1. The molecule has 0 aromatic carbocycles. The predicted molar refractivity (Wildman–Crippen MR) is 81.9 cm³/mol. The Labute approximate surface area is 123 Å². The Hall–Kier alpha value is -1.82. The highest BCUT2D eigenvalue weighted by atomic mass is 32.1. The van der Waals surface area contributed by atoms with Crippen LogP contribution in [0.15, 0.2) is 33.1 Å². The van der Waals surface area contributed by atoms with Gasteiger partial charge in [-0.05, 0) is 24.8 Å². The van der Waals surface area contributed by atoms with E-state index in [0.29, 0.717) is 6.54 Å². The maximum Gasteiger partial charge on any atom is 0.191 e. The van der Waals surface area contributed by atoms with Crippen molar-refractivity contribution in [3.05, 3.63) is 39.9 Å². The summed E-state index contributed by atoms with van der Waals surface area (Å²) in [5.41, 5.74) is 0.969. The van der Waals surface area contributed by atoms with E-state index in [4.69, 9.17) is 4.52 Å². The van der Waals surface area contributed by atoms with Crippen LogP contribution in [0.25, 0.3) is 0 Å². The molecule has 6 heteroatoms. The van der Waals surface area contributed by atoms with Crippen molar-refractivity contribution in [2.24, 2.45) is 4.99 Å². The van der Waals surface area contributed by atoms with Gasteiger partial charge in [-0.1, -0.05) is 18.1 Å². The predicted octanol–water partition coefficient (Wildman–Crippen LogP) is 2.72. The van der Waals surface area contributed by atoms with Crippen molar-refractivity contribution in [2.75, 3.05) is 7.05 Å². The minimum Gasteiger partial charge on any atom is -0.359 e. The Balaban J connectivity index is 1.86. The lowest BCUT2D eigenvalue weighted by Crippen LogP contribution is -2.38. The summed E-state index contributed by atoms with van der Waals surface area (Å²) >= 11 is 1.73. The molecule has 0 fully saturated rings. The molecule has 2 heterocycles. The fraction of sp³-hybridized carbons (Fsp3) is 0.429. The molecule has 0 aliphatic heterocycles. The summed E-state index contributed by atoms with van der Waals surface area (Å²) in [5.74, 6) is 1.56. The van der Waals surface area contributed by atoms with Gasteiger partial charge in [0, 0.05) is 18.0 Å². The first-order chi connectivity index (χ1) is 9.72. The molecule has 0 saturated carbocycles. The van der Waals surface area contributed by atoms with Gasteiger partial charge < -0.3 is 15.2 Å². The minimum absolute atomic E-state index is 0.224. The van der Waals surface area contributed by atoms with Crippen molar-refractivity contribution in [1.82, 2.24) is 15.8 Å². The summed E-state index contributed by atoms with van der Waals surface area (Å²) in [4.78, 5) is 5.50. The summed E-state index contributed by atoms with van der Waals surface area (Å²) in [6.07, 6.45) is 0.881. The van der Waals surface area contributed by atoms with Gasteiger partial charge in [0.15, 0.2) is 11.7 Å². The number of aromatic nitrogens is 1. The highest BCUT2D eigenvalue weighted by molar-refractivity contribution is 7.10. The zero-order valence-corrected chi connectivity index (χ0v) is 12.8.